The van der Waals surface area contributed by atoms with E-state index < -0.39 is 0 Å². The average molecular weight is 222 g/mol. The first kappa shape index (κ1) is 11.2. The second-order valence-electron chi connectivity index (χ2n) is 4.53. The van der Waals surface area contributed by atoms with Crippen molar-refractivity contribution in [3.05, 3.63) is 12.7 Å². The van der Waals surface area contributed by atoms with Gasteiger partial charge in [0.15, 0.2) is 0 Å². The summed E-state index contributed by atoms with van der Waals surface area (Å²) in [6, 6.07) is -0.480. The van der Waals surface area contributed by atoms with Gasteiger partial charge in [-0.05, 0) is 19.3 Å². The lowest BCUT2D eigenvalue weighted by Gasteiger charge is -2.28. The monoisotopic (exact) mass is 222 g/mol. The molecule has 2 rings (SSSR count). The molecule has 3 amide bonds. The van der Waals surface area contributed by atoms with E-state index in [1.807, 2.05) is 0 Å². The Balaban J connectivity index is 2.06. The Kier molecular flexibility index (Phi) is 3.27. The van der Waals surface area contributed by atoms with Crippen LogP contribution in [0.1, 0.15) is 38.5 Å². The zero-order valence-corrected chi connectivity index (χ0v) is 9.45. The van der Waals surface area contributed by atoms with Crippen molar-refractivity contribution in [2.24, 2.45) is 0 Å². The molecule has 1 aliphatic carbocycles. The minimum absolute atomic E-state index is 0.0724. The lowest BCUT2D eigenvalue weighted by atomic mass is 9.94. The molecule has 16 heavy (non-hydrogen) atoms. The van der Waals surface area contributed by atoms with Crippen molar-refractivity contribution in [3.8, 4) is 0 Å². The van der Waals surface area contributed by atoms with Crippen molar-refractivity contribution in [3.63, 3.8) is 0 Å². The molecule has 0 aromatic rings. The van der Waals surface area contributed by atoms with E-state index in [1.165, 1.54) is 11.3 Å². The SMILES string of the molecule is C=CCC1NC(=O)N(C2CCCCC2)C1=O. The number of carbonyl (C=O) groups excluding carboxylic acids is 2. The van der Waals surface area contributed by atoms with Crippen LogP contribution >= 0.6 is 0 Å². The molecule has 1 heterocycles. The fourth-order valence-corrected chi connectivity index (χ4v) is 2.56. The van der Waals surface area contributed by atoms with Crippen molar-refractivity contribution in [2.45, 2.75) is 50.6 Å². The number of nitrogens with zero attached hydrogens (tertiary/aromatic N) is 1. The van der Waals surface area contributed by atoms with Crippen LogP contribution in [0.2, 0.25) is 0 Å². The van der Waals surface area contributed by atoms with E-state index in [1.54, 1.807) is 6.08 Å². The zero-order chi connectivity index (χ0) is 11.5. The van der Waals surface area contributed by atoms with Crippen molar-refractivity contribution in [1.82, 2.24) is 10.2 Å². The van der Waals surface area contributed by atoms with Gasteiger partial charge in [-0.15, -0.1) is 6.58 Å². The highest BCUT2D eigenvalue weighted by molar-refractivity contribution is 6.04. The topological polar surface area (TPSA) is 49.4 Å². The molecule has 1 N–H and O–H groups in total. The van der Waals surface area contributed by atoms with E-state index in [-0.39, 0.29) is 24.0 Å². The lowest BCUT2D eigenvalue weighted by Crippen LogP contribution is -2.41. The summed E-state index contributed by atoms with van der Waals surface area (Å²) in [4.78, 5) is 25.2. The van der Waals surface area contributed by atoms with Crippen LogP contribution in [0.15, 0.2) is 12.7 Å². The summed E-state index contributed by atoms with van der Waals surface area (Å²) in [6.45, 7) is 3.60. The van der Waals surface area contributed by atoms with E-state index in [0.29, 0.717) is 6.42 Å². The molecule has 2 aliphatic rings. The quantitative estimate of drug-likeness (QED) is 0.585. The van der Waals surface area contributed by atoms with Crippen molar-refractivity contribution >= 4 is 11.9 Å². The third kappa shape index (κ3) is 1.96. The molecular weight excluding hydrogens is 204 g/mol. The molecule has 4 heteroatoms. The molecule has 88 valence electrons. The molecule has 0 spiro atoms. The lowest BCUT2D eigenvalue weighted by molar-refractivity contribution is -0.129. The number of hydrogen-bond acceptors (Lipinski definition) is 2. The Morgan fingerprint density at radius 1 is 1.31 bits per heavy atom. The smallest absolute Gasteiger partial charge is 0.325 e. The molecular formula is C12H18N2O2. The second-order valence-corrected chi connectivity index (χ2v) is 4.53. The first-order chi connectivity index (χ1) is 7.74. The first-order valence-corrected chi connectivity index (χ1v) is 5.98. The van der Waals surface area contributed by atoms with Gasteiger partial charge >= 0.3 is 6.03 Å². The van der Waals surface area contributed by atoms with Gasteiger partial charge in [-0.2, -0.15) is 0 Å². The van der Waals surface area contributed by atoms with Crippen LogP contribution in [0.25, 0.3) is 0 Å². The largest absolute Gasteiger partial charge is 0.325 e. The number of amides is 3. The maximum atomic E-state index is 12.0. The minimum Gasteiger partial charge on any atom is -0.325 e. The van der Waals surface area contributed by atoms with Crippen LogP contribution in [0, 0.1) is 0 Å². The maximum Gasteiger partial charge on any atom is 0.325 e. The van der Waals surface area contributed by atoms with Gasteiger partial charge in [0.25, 0.3) is 5.91 Å². The van der Waals surface area contributed by atoms with Crippen LogP contribution in [-0.4, -0.2) is 28.9 Å². The van der Waals surface area contributed by atoms with E-state index >= 15 is 0 Å². The van der Waals surface area contributed by atoms with Crippen LogP contribution in [0.3, 0.4) is 0 Å². The van der Waals surface area contributed by atoms with Gasteiger partial charge in [0.1, 0.15) is 6.04 Å². The van der Waals surface area contributed by atoms with Gasteiger partial charge in [0.05, 0.1) is 0 Å². The van der Waals surface area contributed by atoms with Crippen molar-refractivity contribution < 1.29 is 9.59 Å². The van der Waals surface area contributed by atoms with Crippen LogP contribution in [0.5, 0.6) is 0 Å². The molecule has 1 atom stereocenters. The summed E-state index contributed by atoms with van der Waals surface area (Å²) < 4.78 is 0. The number of imide groups is 1. The molecule has 4 nitrogen and oxygen atoms in total. The summed E-state index contributed by atoms with van der Waals surface area (Å²) in [6.07, 6.45) is 7.57. The second kappa shape index (κ2) is 4.68. The Morgan fingerprint density at radius 3 is 2.62 bits per heavy atom. The average Bonchev–Trinajstić information content (AvgIpc) is 2.56. The Bertz CT molecular complexity index is 308. The molecule has 0 aromatic carbocycles. The Hall–Kier alpha value is -1.32. The summed E-state index contributed by atoms with van der Waals surface area (Å²) in [5.74, 6) is -0.0724. The van der Waals surface area contributed by atoms with Gasteiger partial charge in [-0.25, -0.2) is 4.79 Å². The molecule has 0 bridgehead atoms. The Labute approximate surface area is 95.7 Å². The van der Waals surface area contributed by atoms with Gasteiger partial charge in [0, 0.05) is 6.04 Å². The fraction of sp³-hybridized carbons (Fsp3) is 0.667. The van der Waals surface area contributed by atoms with E-state index in [9.17, 15) is 9.59 Å². The first-order valence-electron chi connectivity index (χ1n) is 5.98. The minimum atomic E-state index is -0.382. The predicted octanol–water partition coefficient (Wildman–Crippen LogP) is 1.82. The standard InChI is InChI=1S/C12H18N2O2/c1-2-6-10-11(15)14(12(16)13-10)9-7-4-3-5-8-9/h2,9-10H,1,3-8H2,(H,13,16). The van der Waals surface area contributed by atoms with E-state index in [4.69, 9.17) is 0 Å². The molecule has 0 aromatic heterocycles. The van der Waals surface area contributed by atoms with Crippen molar-refractivity contribution in [1.29, 1.82) is 0 Å². The summed E-state index contributed by atoms with van der Waals surface area (Å²) in [5, 5.41) is 2.72. The zero-order valence-electron chi connectivity index (χ0n) is 9.45. The summed E-state index contributed by atoms with van der Waals surface area (Å²) in [7, 11) is 0. The highest BCUT2D eigenvalue weighted by atomic mass is 16.2. The highest BCUT2D eigenvalue weighted by Gasteiger charge is 2.41. The highest BCUT2D eigenvalue weighted by Crippen LogP contribution is 2.25. The van der Waals surface area contributed by atoms with Gasteiger partial charge < -0.3 is 5.32 Å². The number of urea groups is 1. The van der Waals surface area contributed by atoms with E-state index in [0.717, 1.165) is 25.7 Å². The fourth-order valence-electron chi connectivity index (χ4n) is 2.56. The van der Waals surface area contributed by atoms with Gasteiger partial charge in [0.2, 0.25) is 0 Å². The van der Waals surface area contributed by atoms with Crippen LogP contribution in [-0.2, 0) is 4.79 Å². The molecule has 1 unspecified atom stereocenters. The van der Waals surface area contributed by atoms with Gasteiger partial charge in [-0.3, -0.25) is 9.69 Å². The number of carbonyl (C=O) groups is 2. The van der Waals surface area contributed by atoms with E-state index in [2.05, 4.69) is 11.9 Å². The van der Waals surface area contributed by atoms with Crippen molar-refractivity contribution in [2.75, 3.05) is 0 Å². The molecule has 0 radical (unpaired) electrons. The van der Waals surface area contributed by atoms with Gasteiger partial charge in [-0.1, -0.05) is 25.3 Å². The third-order valence-corrected chi connectivity index (χ3v) is 3.39. The number of nitrogens with one attached hydrogen (secondary N) is 1. The number of rotatable bonds is 3. The Morgan fingerprint density at radius 2 is 2.00 bits per heavy atom. The predicted molar refractivity (Wildman–Crippen MR) is 60.9 cm³/mol. The number of hydrogen-bond donors (Lipinski definition) is 1. The summed E-state index contributed by atoms with van der Waals surface area (Å²) >= 11 is 0. The molecule has 1 aliphatic heterocycles. The normalized spacial score (nSPS) is 27.0. The third-order valence-electron chi connectivity index (χ3n) is 3.39. The van der Waals surface area contributed by atoms with Crippen LogP contribution < -0.4 is 5.32 Å². The molecule has 1 saturated heterocycles. The maximum absolute atomic E-state index is 12.0. The summed E-state index contributed by atoms with van der Waals surface area (Å²) in [5.41, 5.74) is 0. The van der Waals surface area contributed by atoms with Crippen LogP contribution in [0.4, 0.5) is 4.79 Å². The molecule has 2 fully saturated rings. The molecule has 1 saturated carbocycles.